The highest BCUT2D eigenvalue weighted by atomic mass is 32.2. The van der Waals surface area contributed by atoms with Gasteiger partial charge in [0, 0.05) is 19.5 Å². The van der Waals surface area contributed by atoms with Crippen molar-refractivity contribution in [3.05, 3.63) is 0 Å². The number of nitrogens with zero attached hydrogens (tertiary/aromatic N) is 1. The summed E-state index contributed by atoms with van der Waals surface area (Å²) >= 11 is 0. The molecule has 0 spiro atoms. The highest BCUT2D eigenvalue weighted by Crippen LogP contribution is 2.24. The van der Waals surface area contributed by atoms with E-state index in [4.69, 9.17) is 0 Å². The molecule has 2 fully saturated rings. The molecule has 116 valence electrons. The summed E-state index contributed by atoms with van der Waals surface area (Å²) in [4.78, 5) is 13.6. The third-order valence-electron chi connectivity index (χ3n) is 4.17. The van der Waals surface area contributed by atoms with Crippen LogP contribution in [0.25, 0.3) is 0 Å². The first-order valence-electron chi connectivity index (χ1n) is 6.85. The SMILES string of the molecule is CN(C(=O)CC1CCCS(=O)(=O)C1)C1CCS(=O)(=O)C1. The van der Waals surface area contributed by atoms with Gasteiger partial charge in [0.05, 0.1) is 23.0 Å². The molecule has 0 N–H and O–H groups in total. The van der Waals surface area contributed by atoms with E-state index in [1.807, 2.05) is 0 Å². The fourth-order valence-electron chi connectivity index (χ4n) is 2.95. The van der Waals surface area contributed by atoms with Crippen LogP contribution in [0.3, 0.4) is 0 Å². The summed E-state index contributed by atoms with van der Waals surface area (Å²) in [5.41, 5.74) is 0. The van der Waals surface area contributed by atoms with Gasteiger partial charge in [0.1, 0.15) is 0 Å². The Balaban J connectivity index is 1.92. The Morgan fingerprint density at radius 1 is 1.05 bits per heavy atom. The molecule has 20 heavy (non-hydrogen) atoms. The lowest BCUT2D eigenvalue weighted by Crippen LogP contribution is -2.39. The lowest BCUT2D eigenvalue weighted by atomic mass is 10.0. The predicted octanol–water partition coefficient (Wildman–Crippen LogP) is -0.153. The normalized spacial score (nSPS) is 31.9. The Morgan fingerprint density at radius 2 is 1.70 bits per heavy atom. The Kier molecular flexibility index (Phi) is 4.44. The number of rotatable bonds is 3. The number of sulfone groups is 2. The van der Waals surface area contributed by atoms with Crippen LogP contribution in [-0.4, -0.2) is 63.7 Å². The molecule has 2 unspecified atom stereocenters. The van der Waals surface area contributed by atoms with Crippen molar-refractivity contribution in [2.75, 3.05) is 30.1 Å². The molecule has 0 aliphatic carbocycles. The summed E-state index contributed by atoms with van der Waals surface area (Å²) in [6.45, 7) is 0. The number of hydrogen-bond donors (Lipinski definition) is 0. The van der Waals surface area contributed by atoms with Gasteiger partial charge in [-0.25, -0.2) is 16.8 Å². The average Bonchev–Trinajstić information content (AvgIpc) is 2.67. The molecule has 2 aliphatic heterocycles. The second kappa shape index (κ2) is 5.63. The maximum Gasteiger partial charge on any atom is 0.222 e. The van der Waals surface area contributed by atoms with Crippen molar-refractivity contribution < 1.29 is 21.6 Å². The lowest BCUT2D eigenvalue weighted by Gasteiger charge is -2.27. The molecular formula is C12H21NO5S2. The molecule has 2 heterocycles. The van der Waals surface area contributed by atoms with Crippen LogP contribution in [-0.2, 0) is 24.5 Å². The summed E-state index contributed by atoms with van der Waals surface area (Å²) in [6, 6.07) is -0.257. The molecule has 2 saturated heterocycles. The van der Waals surface area contributed by atoms with Crippen LogP contribution in [0.15, 0.2) is 0 Å². The minimum Gasteiger partial charge on any atom is -0.342 e. The van der Waals surface area contributed by atoms with Gasteiger partial charge in [-0.3, -0.25) is 4.79 Å². The zero-order chi connectivity index (χ0) is 15.0. The van der Waals surface area contributed by atoms with E-state index in [2.05, 4.69) is 0 Å². The topological polar surface area (TPSA) is 88.6 Å². The van der Waals surface area contributed by atoms with Crippen LogP contribution >= 0.6 is 0 Å². The van der Waals surface area contributed by atoms with Gasteiger partial charge in [-0.15, -0.1) is 0 Å². The van der Waals surface area contributed by atoms with Crippen molar-refractivity contribution in [1.29, 1.82) is 0 Å². The molecule has 2 aliphatic rings. The van der Waals surface area contributed by atoms with Crippen LogP contribution in [0.1, 0.15) is 25.7 Å². The van der Waals surface area contributed by atoms with Crippen molar-refractivity contribution in [3.8, 4) is 0 Å². The smallest absolute Gasteiger partial charge is 0.222 e. The lowest BCUT2D eigenvalue weighted by molar-refractivity contribution is -0.132. The van der Waals surface area contributed by atoms with Crippen molar-refractivity contribution in [2.45, 2.75) is 31.7 Å². The van der Waals surface area contributed by atoms with Gasteiger partial charge in [-0.2, -0.15) is 0 Å². The molecule has 0 aromatic heterocycles. The number of carbonyl (C=O) groups excluding carboxylic acids is 1. The monoisotopic (exact) mass is 323 g/mol. The Bertz CT molecular complexity index is 581. The van der Waals surface area contributed by atoms with Gasteiger partial charge in [0.2, 0.25) is 5.91 Å². The van der Waals surface area contributed by atoms with Gasteiger partial charge in [-0.1, -0.05) is 0 Å². The number of hydrogen-bond acceptors (Lipinski definition) is 5. The average molecular weight is 323 g/mol. The summed E-state index contributed by atoms with van der Waals surface area (Å²) in [7, 11) is -4.41. The van der Waals surface area contributed by atoms with E-state index in [9.17, 15) is 21.6 Å². The Hall–Kier alpha value is -0.630. The highest BCUT2D eigenvalue weighted by molar-refractivity contribution is 7.91. The molecule has 0 bridgehead atoms. The van der Waals surface area contributed by atoms with Crippen molar-refractivity contribution in [3.63, 3.8) is 0 Å². The third-order valence-corrected chi connectivity index (χ3v) is 7.81. The van der Waals surface area contributed by atoms with E-state index in [1.165, 1.54) is 4.90 Å². The molecule has 2 rings (SSSR count). The molecule has 8 heteroatoms. The summed E-state index contributed by atoms with van der Waals surface area (Å²) in [6.07, 6.45) is 2.05. The summed E-state index contributed by atoms with van der Waals surface area (Å²) in [5.74, 6) is 0.186. The molecule has 6 nitrogen and oxygen atoms in total. The molecular weight excluding hydrogens is 302 g/mol. The van der Waals surface area contributed by atoms with Crippen LogP contribution < -0.4 is 0 Å². The molecule has 0 radical (unpaired) electrons. The maximum atomic E-state index is 12.2. The summed E-state index contributed by atoms with van der Waals surface area (Å²) in [5, 5.41) is 0. The van der Waals surface area contributed by atoms with E-state index >= 15 is 0 Å². The largest absolute Gasteiger partial charge is 0.342 e. The standard InChI is InChI=1S/C12H21NO5S2/c1-13(11-4-6-20(17,18)9-11)12(14)7-10-3-2-5-19(15,16)8-10/h10-11H,2-9H2,1H3. The van der Waals surface area contributed by atoms with E-state index in [0.717, 1.165) is 6.42 Å². The quantitative estimate of drug-likeness (QED) is 0.720. The van der Waals surface area contributed by atoms with Crippen molar-refractivity contribution >= 4 is 25.6 Å². The van der Waals surface area contributed by atoms with E-state index in [-0.39, 0.29) is 47.3 Å². The van der Waals surface area contributed by atoms with Crippen molar-refractivity contribution in [2.24, 2.45) is 5.92 Å². The minimum absolute atomic E-state index is 0.0260. The molecule has 0 aromatic rings. The summed E-state index contributed by atoms with van der Waals surface area (Å²) < 4.78 is 46.0. The zero-order valence-electron chi connectivity index (χ0n) is 11.6. The van der Waals surface area contributed by atoms with Crippen LogP contribution in [0.2, 0.25) is 0 Å². The van der Waals surface area contributed by atoms with Gasteiger partial charge in [-0.05, 0) is 25.2 Å². The Morgan fingerprint density at radius 3 is 2.25 bits per heavy atom. The van der Waals surface area contributed by atoms with E-state index in [0.29, 0.717) is 12.8 Å². The van der Waals surface area contributed by atoms with Gasteiger partial charge < -0.3 is 4.90 Å². The van der Waals surface area contributed by atoms with Gasteiger partial charge in [0.25, 0.3) is 0 Å². The van der Waals surface area contributed by atoms with Crippen LogP contribution in [0.4, 0.5) is 0 Å². The zero-order valence-corrected chi connectivity index (χ0v) is 13.2. The highest BCUT2D eigenvalue weighted by Gasteiger charge is 2.34. The second-order valence-corrected chi connectivity index (χ2v) is 10.3. The predicted molar refractivity (Wildman–Crippen MR) is 75.8 cm³/mol. The van der Waals surface area contributed by atoms with Gasteiger partial charge in [0.15, 0.2) is 19.7 Å². The van der Waals surface area contributed by atoms with E-state index in [1.54, 1.807) is 7.05 Å². The minimum atomic E-state index is -3.02. The first-order chi connectivity index (χ1) is 9.19. The third kappa shape index (κ3) is 3.94. The van der Waals surface area contributed by atoms with Crippen molar-refractivity contribution in [1.82, 2.24) is 4.90 Å². The Labute approximate surface area is 120 Å². The van der Waals surface area contributed by atoms with Crippen LogP contribution in [0.5, 0.6) is 0 Å². The number of carbonyl (C=O) groups is 1. The first kappa shape index (κ1) is 15.8. The fraction of sp³-hybridized carbons (Fsp3) is 0.917. The maximum absolute atomic E-state index is 12.2. The van der Waals surface area contributed by atoms with Crippen LogP contribution in [0, 0.1) is 5.92 Å². The molecule has 0 saturated carbocycles. The fourth-order valence-corrected chi connectivity index (χ4v) is 6.50. The molecule has 2 atom stereocenters. The second-order valence-electron chi connectivity index (χ2n) is 5.89. The molecule has 1 amide bonds. The van der Waals surface area contributed by atoms with E-state index < -0.39 is 19.7 Å². The first-order valence-corrected chi connectivity index (χ1v) is 10.5. The van der Waals surface area contributed by atoms with Gasteiger partial charge >= 0.3 is 0 Å². The number of amides is 1. The molecule has 0 aromatic carbocycles.